The first kappa shape index (κ1) is 21.0. The Hall–Kier alpha value is -2.31. The topological polar surface area (TPSA) is 91.5 Å². The second kappa shape index (κ2) is 8.59. The minimum atomic E-state index is -0.420. The van der Waals surface area contributed by atoms with Crippen LogP contribution in [0.25, 0.3) is 0 Å². The molecule has 0 aliphatic carbocycles. The molecule has 0 bridgehead atoms. The maximum Gasteiger partial charge on any atom is 0.340 e. The molecule has 7 nitrogen and oxygen atoms in total. The summed E-state index contributed by atoms with van der Waals surface area (Å²) in [7, 11) is 0. The van der Waals surface area contributed by atoms with Crippen molar-refractivity contribution in [1.29, 1.82) is 0 Å². The molecule has 1 aromatic rings. The van der Waals surface area contributed by atoms with Gasteiger partial charge in [-0.05, 0) is 46.1 Å². The molecule has 2 rings (SSSR count). The van der Waals surface area contributed by atoms with Crippen molar-refractivity contribution in [2.45, 2.75) is 66.5 Å². The molecule has 1 aliphatic heterocycles. The third-order valence-corrected chi connectivity index (χ3v) is 4.78. The molecule has 0 spiro atoms. The summed E-state index contributed by atoms with van der Waals surface area (Å²) < 4.78 is 5.29. The molecule has 27 heavy (non-hydrogen) atoms. The maximum absolute atomic E-state index is 13.0. The number of amides is 2. The van der Waals surface area contributed by atoms with Crippen molar-refractivity contribution in [2.24, 2.45) is 5.92 Å². The molecular weight excluding hydrogens is 346 g/mol. The summed E-state index contributed by atoms with van der Waals surface area (Å²) in [4.78, 5) is 42.1. The van der Waals surface area contributed by atoms with E-state index >= 15 is 0 Å². The lowest BCUT2D eigenvalue weighted by Crippen LogP contribution is -2.50. The zero-order valence-corrected chi connectivity index (χ0v) is 17.1. The van der Waals surface area contributed by atoms with Gasteiger partial charge in [-0.3, -0.25) is 9.59 Å². The van der Waals surface area contributed by atoms with E-state index in [1.54, 1.807) is 32.6 Å². The van der Waals surface area contributed by atoms with Gasteiger partial charge in [0.2, 0.25) is 5.91 Å². The van der Waals surface area contributed by atoms with Gasteiger partial charge in [-0.25, -0.2) is 4.79 Å². The number of nitrogens with zero attached hydrogens (tertiary/aromatic N) is 1. The molecule has 1 atom stereocenters. The van der Waals surface area contributed by atoms with Crippen molar-refractivity contribution in [3.05, 3.63) is 22.5 Å². The second-order valence-corrected chi connectivity index (χ2v) is 7.83. The van der Waals surface area contributed by atoms with Gasteiger partial charge in [0.25, 0.3) is 5.91 Å². The number of hydrogen-bond donors (Lipinski definition) is 2. The molecule has 1 fully saturated rings. The van der Waals surface area contributed by atoms with Crippen molar-refractivity contribution < 1.29 is 19.1 Å². The highest BCUT2D eigenvalue weighted by atomic mass is 16.5. The van der Waals surface area contributed by atoms with Crippen LogP contribution in [0.1, 0.15) is 72.6 Å². The summed E-state index contributed by atoms with van der Waals surface area (Å²) in [5.74, 6) is -0.655. The van der Waals surface area contributed by atoms with Gasteiger partial charge in [-0.15, -0.1) is 0 Å². The van der Waals surface area contributed by atoms with Crippen molar-refractivity contribution >= 4 is 17.8 Å². The number of aromatic amines is 1. The van der Waals surface area contributed by atoms with E-state index in [1.807, 2.05) is 13.8 Å². The van der Waals surface area contributed by atoms with Gasteiger partial charge in [-0.1, -0.05) is 13.8 Å². The smallest absolute Gasteiger partial charge is 0.340 e. The number of carbonyl (C=O) groups excluding carboxylic acids is 3. The summed E-state index contributed by atoms with van der Waals surface area (Å²) in [6.45, 7) is 11.9. The monoisotopic (exact) mass is 377 g/mol. The standard InChI is InChI=1S/C20H31N3O4/c1-11(2)18(24)22-15-8-7-9-23(10-15)19(25)17-13(5)16(14(6)21-17)20(26)27-12(3)4/h11-12,15,21H,7-10H2,1-6H3,(H,22,24). The Morgan fingerprint density at radius 2 is 1.85 bits per heavy atom. The van der Waals surface area contributed by atoms with Crippen LogP contribution in [0.4, 0.5) is 0 Å². The van der Waals surface area contributed by atoms with Gasteiger partial charge < -0.3 is 19.9 Å². The molecule has 150 valence electrons. The van der Waals surface area contributed by atoms with E-state index in [2.05, 4.69) is 10.3 Å². The van der Waals surface area contributed by atoms with Crippen LogP contribution in [-0.2, 0) is 9.53 Å². The molecule has 1 aromatic heterocycles. The lowest BCUT2D eigenvalue weighted by atomic mass is 10.0. The van der Waals surface area contributed by atoms with Crippen LogP contribution >= 0.6 is 0 Å². The maximum atomic E-state index is 13.0. The number of piperidine rings is 1. The molecule has 1 saturated heterocycles. The predicted octanol–water partition coefficient (Wildman–Crippen LogP) is 2.57. The first-order valence-corrected chi connectivity index (χ1v) is 9.61. The van der Waals surface area contributed by atoms with E-state index in [9.17, 15) is 14.4 Å². The second-order valence-electron chi connectivity index (χ2n) is 7.83. The van der Waals surface area contributed by atoms with Gasteiger partial charge in [0.1, 0.15) is 5.69 Å². The first-order valence-electron chi connectivity index (χ1n) is 9.61. The minimum Gasteiger partial charge on any atom is -0.459 e. The van der Waals surface area contributed by atoms with E-state index in [0.717, 1.165) is 12.8 Å². The van der Waals surface area contributed by atoms with Crippen LogP contribution in [-0.4, -0.2) is 52.9 Å². The van der Waals surface area contributed by atoms with Gasteiger partial charge in [0, 0.05) is 30.7 Å². The third-order valence-electron chi connectivity index (χ3n) is 4.78. The van der Waals surface area contributed by atoms with Crippen molar-refractivity contribution in [3.8, 4) is 0 Å². The fourth-order valence-corrected chi connectivity index (χ4v) is 3.35. The number of H-pyrrole nitrogens is 1. The first-order chi connectivity index (χ1) is 12.6. The predicted molar refractivity (Wildman–Crippen MR) is 103 cm³/mol. The molecule has 0 saturated carbocycles. The largest absolute Gasteiger partial charge is 0.459 e. The Balaban J connectivity index is 2.15. The number of aromatic nitrogens is 1. The fraction of sp³-hybridized carbons (Fsp3) is 0.650. The van der Waals surface area contributed by atoms with Crippen molar-refractivity contribution in [1.82, 2.24) is 15.2 Å². The Labute approximate surface area is 160 Å². The number of likely N-dealkylation sites (tertiary alicyclic amines) is 1. The van der Waals surface area contributed by atoms with Crippen LogP contribution in [0.15, 0.2) is 0 Å². The highest BCUT2D eigenvalue weighted by Crippen LogP contribution is 2.22. The normalized spacial score (nSPS) is 17.3. The average molecular weight is 377 g/mol. The Bertz CT molecular complexity index is 721. The molecule has 2 heterocycles. The summed E-state index contributed by atoms with van der Waals surface area (Å²) >= 11 is 0. The highest BCUT2D eigenvalue weighted by Gasteiger charge is 2.30. The quantitative estimate of drug-likeness (QED) is 0.772. The van der Waals surface area contributed by atoms with Crippen LogP contribution in [0.5, 0.6) is 0 Å². The fourth-order valence-electron chi connectivity index (χ4n) is 3.35. The third kappa shape index (κ3) is 4.90. The lowest BCUT2D eigenvalue weighted by Gasteiger charge is -2.33. The number of ether oxygens (including phenoxy) is 1. The Kier molecular flexibility index (Phi) is 6.68. The summed E-state index contributed by atoms with van der Waals surface area (Å²) in [6.07, 6.45) is 1.46. The summed E-state index contributed by atoms with van der Waals surface area (Å²) in [5, 5.41) is 3.01. The van der Waals surface area contributed by atoms with Crippen LogP contribution in [0.3, 0.4) is 0 Å². The van der Waals surface area contributed by atoms with Crippen LogP contribution in [0, 0.1) is 19.8 Å². The summed E-state index contributed by atoms with van der Waals surface area (Å²) in [6, 6.07) is -0.0423. The van der Waals surface area contributed by atoms with Gasteiger partial charge in [0.05, 0.1) is 11.7 Å². The number of esters is 1. The Morgan fingerprint density at radius 1 is 1.19 bits per heavy atom. The number of rotatable bonds is 5. The molecule has 1 unspecified atom stereocenters. The van der Waals surface area contributed by atoms with E-state index in [-0.39, 0.29) is 29.9 Å². The number of aryl methyl sites for hydroxylation is 1. The van der Waals surface area contributed by atoms with Crippen LogP contribution in [0.2, 0.25) is 0 Å². The molecule has 1 aliphatic rings. The van der Waals surface area contributed by atoms with E-state index in [0.29, 0.717) is 35.6 Å². The number of hydrogen-bond acceptors (Lipinski definition) is 4. The zero-order chi connectivity index (χ0) is 20.3. The van der Waals surface area contributed by atoms with Gasteiger partial charge in [0.15, 0.2) is 0 Å². The highest BCUT2D eigenvalue weighted by molar-refractivity contribution is 6.00. The van der Waals surface area contributed by atoms with E-state index in [4.69, 9.17) is 4.74 Å². The molecule has 0 radical (unpaired) electrons. The van der Waals surface area contributed by atoms with Gasteiger partial charge in [-0.2, -0.15) is 0 Å². The molecule has 2 N–H and O–H groups in total. The van der Waals surface area contributed by atoms with Crippen molar-refractivity contribution in [2.75, 3.05) is 13.1 Å². The minimum absolute atomic E-state index is 0.0000789. The molecule has 0 aromatic carbocycles. The zero-order valence-electron chi connectivity index (χ0n) is 17.1. The van der Waals surface area contributed by atoms with Crippen molar-refractivity contribution in [3.63, 3.8) is 0 Å². The lowest BCUT2D eigenvalue weighted by molar-refractivity contribution is -0.125. The number of carbonyl (C=O) groups is 3. The molecule has 2 amide bonds. The van der Waals surface area contributed by atoms with Gasteiger partial charge >= 0.3 is 5.97 Å². The molecular formula is C20H31N3O4. The van der Waals surface area contributed by atoms with E-state index in [1.165, 1.54) is 0 Å². The van der Waals surface area contributed by atoms with Crippen LogP contribution < -0.4 is 5.32 Å². The SMILES string of the molecule is Cc1[nH]c(C(=O)N2CCCC(NC(=O)C(C)C)C2)c(C)c1C(=O)OC(C)C. The molecule has 7 heteroatoms. The number of nitrogens with one attached hydrogen (secondary N) is 2. The Morgan fingerprint density at radius 3 is 2.44 bits per heavy atom. The average Bonchev–Trinajstić information content (AvgIpc) is 2.88. The summed E-state index contributed by atoms with van der Waals surface area (Å²) in [5.41, 5.74) is 2.08. The van der Waals surface area contributed by atoms with E-state index < -0.39 is 5.97 Å².